The summed E-state index contributed by atoms with van der Waals surface area (Å²) in [4.78, 5) is 4.42. The number of hydrogen-bond donors (Lipinski definition) is 1. The van der Waals surface area contributed by atoms with Crippen LogP contribution in [0.4, 0.5) is 0 Å². The molecule has 0 saturated carbocycles. The summed E-state index contributed by atoms with van der Waals surface area (Å²) in [7, 11) is 1.94. The first-order chi connectivity index (χ1) is 8.76. The number of imidazole rings is 1. The highest BCUT2D eigenvalue weighted by Gasteiger charge is 2.09. The highest BCUT2D eigenvalue weighted by molar-refractivity contribution is 6.30. The van der Waals surface area contributed by atoms with Crippen LogP contribution in [0, 0.1) is 0 Å². The largest absolute Gasteiger partial charge is 0.316 e. The smallest absolute Gasteiger partial charge is 0.113 e. The van der Waals surface area contributed by atoms with E-state index in [1.807, 2.05) is 31.6 Å². The Balaban J connectivity index is 2.45. The lowest BCUT2D eigenvalue weighted by Gasteiger charge is -2.13. The van der Waals surface area contributed by atoms with Crippen molar-refractivity contribution in [2.24, 2.45) is 0 Å². The number of aromatic nitrogens is 2. The standard InChI is InChI=1S/C14H18ClN3/c1-3-4-14-17-7-8-18(14)13-6-5-12(15)9-11(13)10-16-2/h5-9,16H,3-4,10H2,1-2H3. The molecule has 1 aromatic heterocycles. The van der Waals surface area contributed by atoms with Crippen molar-refractivity contribution in [3.8, 4) is 5.69 Å². The van der Waals surface area contributed by atoms with Crippen LogP contribution in [0.3, 0.4) is 0 Å². The van der Waals surface area contributed by atoms with E-state index < -0.39 is 0 Å². The van der Waals surface area contributed by atoms with Gasteiger partial charge in [-0.2, -0.15) is 0 Å². The lowest BCUT2D eigenvalue weighted by atomic mass is 10.1. The molecule has 0 amide bonds. The normalized spacial score (nSPS) is 10.8. The summed E-state index contributed by atoms with van der Waals surface area (Å²) < 4.78 is 2.15. The molecule has 0 unspecified atom stereocenters. The maximum absolute atomic E-state index is 6.06. The predicted molar refractivity (Wildman–Crippen MR) is 75.3 cm³/mol. The Morgan fingerprint density at radius 1 is 1.39 bits per heavy atom. The van der Waals surface area contributed by atoms with Crippen LogP contribution in [0.2, 0.25) is 5.02 Å². The lowest BCUT2D eigenvalue weighted by Crippen LogP contribution is -2.10. The number of nitrogens with zero attached hydrogens (tertiary/aromatic N) is 2. The van der Waals surface area contributed by atoms with Gasteiger partial charge in [-0.25, -0.2) is 4.98 Å². The Morgan fingerprint density at radius 3 is 2.94 bits per heavy atom. The Hall–Kier alpha value is -1.32. The quantitative estimate of drug-likeness (QED) is 0.898. The van der Waals surface area contributed by atoms with Crippen molar-refractivity contribution in [3.63, 3.8) is 0 Å². The molecular weight excluding hydrogens is 246 g/mol. The molecule has 0 aliphatic heterocycles. The van der Waals surface area contributed by atoms with Crippen molar-refractivity contribution in [1.29, 1.82) is 0 Å². The number of rotatable bonds is 5. The van der Waals surface area contributed by atoms with E-state index in [1.165, 1.54) is 5.56 Å². The number of halogens is 1. The summed E-state index contributed by atoms with van der Waals surface area (Å²) in [5.41, 5.74) is 2.33. The SMILES string of the molecule is CCCc1nccn1-c1ccc(Cl)cc1CNC. The van der Waals surface area contributed by atoms with Gasteiger partial charge in [0.05, 0.1) is 5.69 Å². The van der Waals surface area contributed by atoms with Crippen molar-refractivity contribution in [2.45, 2.75) is 26.3 Å². The van der Waals surface area contributed by atoms with Crippen LogP contribution < -0.4 is 5.32 Å². The fourth-order valence-corrected chi connectivity index (χ4v) is 2.28. The van der Waals surface area contributed by atoms with Crippen molar-refractivity contribution < 1.29 is 0 Å². The summed E-state index contributed by atoms with van der Waals surface area (Å²) in [6, 6.07) is 5.98. The highest BCUT2D eigenvalue weighted by atomic mass is 35.5. The number of aryl methyl sites for hydroxylation is 1. The summed E-state index contributed by atoms with van der Waals surface area (Å²) in [6.07, 6.45) is 5.93. The minimum absolute atomic E-state index is 0.765. The monoisotopic (exact) mass is 263 g/mol. The molecule has 1 N–H and O–H groups in total. The van der Waals surface area contributed by atoms with Crippen molar-refractivity contribution >= 4 is 11.6 Å². The van der Waals surface area contributed by atoms with Crippen LogP contribution in [0.1, 0.15) is 24.7 Å². The topological polar surface area (TPSA) is 29.9 Å². The molecule has 1 aromatic carbocycles. The first-order valence-corrected chi connectivity index (χ1v) is 6.59. The first-order valence-electron chi connectivity index (χ1n) is 6.22. The average Bonchev–Trinajstić information content (AvgIpc) is 2.78. The van der Waals surface area contributed by atoms with E-state index in [0.29, 0.717) is 0 Å². The van der Waals surface area contributed by atoms with Crippen LogP contribution in [-0.2, 0) is 13.0 Å². The van der Waals surface area contributed by atoms with Gasteiger partial charge in [0.2, 0.25) is 0 Å². The third-order valence-corrected chi connectivity index (χ3v) is 3.09. The molecule has 0 saturated heterocycles. The second-order valence-corrected chi connectivity index (χ2v) is 4.70. The fraction of sp³-hybridized carbons (Fsp3) is 0.357. The summed E-state index contributed by atoms with van der Waals surface area (Å²) >= 11 is 6.06. The molecule has 1 heterocycles. The van der Waals surface area contributed by atoms with Crippen molar-refractivity contribution in [2.75, 3.05) is 7.05 Å². The van der Waals surface area contributed by atoms with Gasteiger partial charge in [-0.1, -0.05) is 18.5 Å². The first kappa shape index (κ1) is 13.1. The number of hydrogen-bond acceptors (Lipinski definition) is 2. The summed E-state index contributed by atoms with van der Waals surface area (Å²) in [6.45, 7) is 2.95. The molecule has 0 bridgehead atoms. The van der Waals surface area contributed by atoms with Crippen LogP contribution in [0.25, 0.3) is 5.69 Å². The second kappa shape index (κ2) is 6.03. The zero-order valence-corrected chi connectivity index (χ0v) is 11.5. The summed E-state index contributed by atoms with van der Waals surface area (Å²) in [5.74, 6) is 1.09. The molecule has 0 spiro atoms. The second-order valence-electron chi connectivity index (χ2n) is 4.27. The van der Waals surface area contributed by atoms with Crippen molar-refractivity contribution in [1.82, 2.24) is 14.9 Å². The minimum Gasteiger partial charge on any atom is -0.316 e. The maximum Gasteiger partial charge on any atom is 0.113 e. The maximum atomic E-state index is 6.06. The Kier molecular flexibility index (Phi) is 4.39. The van der Waals surface area contributed by atoms with Gasteiger partial charge in [-0.3, -0.25) is 0 Å². The van der Waals surface area contributed by atoms with E-state index in [-0.39, 0.29) is 0 Å². The zero-order chi connectivity index (χ0) is 13.0. The summed E-state index contributed by atoms with van der Waals surface area (Å²) in [5, 5.41) is 3.94. The van der Waals surface area contributed by atoms with Crippen LogP contribution >= 0.6 is 11.6 Å². The molecule has 4 heteroatoms. The van der Waals surface area contributed by atoms with E-state index in [0.717, 1.165) is 35.9 Å². The number of benzene rings is 1. The van der Waals surface area contributed by atoms with Gasteiger partial charge >= 0.3 is 0 Å². The molecule has 0 fully saturated rings. The molecule has 96 valence electrons. The average molecular weight is 264 g/mol. The van der Waals surface area contributed by atoms with Crippen LogP contribution in [0.5, 0.6) is 0 Å². The third kappa shape index (κ3) is 2.74. The molecular formula is C14H18ClN3. The number of nitrogens with one attached hydrogen (secondary N) is 1. The van der Waals surface area contributed by atoms with Gasteiger partial charge in [0, 0.05) is 30.4 Å². The molecule has 2 rings (SSSR count). The highest BCUT2D eigenvalue weighted by Crippen LogP contribution is 2.21. The molecule has 2 aromatic rings. The van der Waals surface area contributed by atoms with Crippen LogP contribution in [0.15, 0.2) is 30.6 Å². The van der Waals surface area contributed by atoms with Gasteiger partial charge in [0.25, 0.3) is 0 Å². The molecule has 3 nitrogen and oxygen atoms in total. The minimum atomic E-state index is 0.765. The van der Waals surface area contributed by atoms with Gasteiger partial charge < -0.3 is 9.88 Å². The van der Waals surface area contributed by atoms with Gasteiger partial charge in [0.1, 0.15) is 5.82 Å². The van der Waals surface area contributed by atoms with E-state index in [4.69, 9.17) is 11.6 Å². The Labute approximate surface area is 113 Å². The molecule has 0 aliphatic rings. The molecule has 0 aliphatic carbocycles. The van der Waals surface area contributed by atoms with Gasteiger partial charge in [0.15, 0.2) is 0 Å². The van der Waals surface area contributed by atoms with E-state index in [2.05, 4.69) is 27.9 Å². The fourth-order valence-electron chi connectivity index (χ4n) is 2.08. The van der Waals surface area contributed by atoms with E-state index in [9.17, 15) is 0 Å². The van der Waals surface area contributed by atoms with Gasteiger partial charge in [-0.05, 0) is 37.2 Å². The molecule has 18 heavy (non-hydrogen) atoms. The predicted octanol–water partition coefficient (Wildman–Crippen LogP) is 3.20. The third-order valence-electron chi connectivity index (χ3n) is 2.86. The van der Waals surface area contributed by atoms with Crippen LogP contribution in [-0.4, -0.2) is 16.6 Å². The Morgan fingerprint density at radius 2 is 2.22 bits per heavy atom. The van der Waals surface area contributed by atoms with Gasteiger partial charge in [-0.15, -0.1) is 0 Å². The molecule has 0 radical (unpaired) electrons. The van der Waals surface area contributed by atoms with Crippen molar-refractivity contribution in [3.05, 3.63) is 47.0 Å². The van der Waals surface area contributed by atoms with E-state index in [1.54, 1.807) is 0 Å². The molecule has 0 atom stereocenters. The van der Waals surface area contributed by atoms with E-state index >= 15 is 0 Å². The Bertz CT molecular complexity index is 520. The lowest BCUT2D eigenvalue weighted by molar-refractivity contribution is 0.780. The zero-order valence-electron chi connectivity index (χ0n) is 10.8.